The molecule has 0 atom stereocenters. The maximum atomic E-state index is 10.6. The van der Waals surface area contributed by atoms with Gasteiger partial charge in [-0.05, 0) is 12.2 Å². The average molecular weight is 136 g/mol. The summed E-state index contributed by atoms with van der Waals surface area (Å²) in [6, 6.07) is 0. The molecule has 0 bridgehead atoms. The monoisotopic (exact) mass is 136 g/mol. The molecule has 1 aliphatic carbocycles. The summed E-state index contributed by atoms with van der Waals surface area (Å²) < 4.78 is 4.83. The van der Waals surface area contributed by atoms with Gasteiger partial charge >= 0.3 is 5.97 Å². The fourth-order valence-electron chi connectivity index (χ4n) is 0.672. The van der Waals surface area contributed by atoms with E-state index in [9.17, 15) is 4.79 Å². The number of carbonyl (C=O) groups excluding carboxylic acids is 1. The van der Waals surface area contributed by atoms with E-state index in [2.05, 4.69) is 6.58 Å². The van der Waals surface area contributed by atoms with Crippen LogP contribution in [0.5, 0.6) is 0 Å². The normalized spacial score (nSPS) is 15.6. The van der Waals surface area contributed by atoms with Crippen LogP contribution in [0.2, 0.25) is 0 Å². The first kappa shape index (κ1) is 6.81. The van der Waals surface area contributed by atoms with Crippen LogP contribution in [-0.2, 0) is 9.53 Å². The van der Waals surface area contributed by atoms with Gasteiger partial charge in [0.25, 0.3) is 0 Å². The minimum atomic E-state index is -0.388. The Kier molecular flexibility index (Phi) is 2.05. The Morgan fingerprint density at radius 2 is 2.10 bits per heavy atom. The quantitative estimate of drug-likeness (QED) is 0.421. The molecule has 1 rings (SSSR count). The van der Waals surface area contributed by atoms with Gasteiger partial charge in [0.2, 0.25) is 0 Å². The Balaban J connectivity index is 2.39. The molecule has 2 nitrogen and oxygen atoms in total. The molecule has 1 aliphatic rings. The summed E-state index contributed by atoms with van der Waals surface area (Å²) in [6.07, 6.45) is 8.22. The number of allylic oxidation sites excluding steroid dienone is 2. The van der Waals surface area contributed by atoms with Gasteiger partial charge in [0.05, 0.1) is 0 Å². The molecule has 0 heterocycles. The zero-order valence-corrected chi connectivity index (χ0v) is 5.49. The topological polar surface area (TPSA) is 26.3 Å². The van der Waals surface area contributed by atoms with Gasteiger partial charge in [-0.3, -0.25) is 0 Å². The van der Waals surface area contributed by atoms with Crippen LogP contribution in [0.4, 0.5) is 0 Å². The maximum Gasteiger partial charge on any atom is 0.331 e. The van der Waals surface area contributed by atoms with Gasteiger partial charge in [0, 0.05) is 6.08 Å². The third kappa shape index (κ3) is 1.58. The summed E-state index contributed by atoms with van der Waals surface area (Å²) >= 11 is 0. The van der Waals surface area contributed by atoms with Crippen molar-refractivity contribution in [1.29, 1.82) is 0 Å². The highest BCUT2D eigenvalue weighted by atomic mass is 16.5. The SMILES string of the molecule is C=CC(=O)OC1C=CC=C1. The lowest BCUT2D eigenvalue weighted by atomic mass is 10.4. The lowest BCUT2D eigenvalue weighted by Crippen LogP contribution is -2.09. The van der Waals surface area contributed by atoms with Crippen LogP contribution in [-0.4, -0.2) is 12.1 Å². The van der Waals surface area contributed by atoms with E-state index in [-0.39, 0.29) is 12.1 Å². The van der Waals surface area contributed by atoms with Gasteiger partial charge in [-0.2, -0.15) is 0 Å². The van der Waals surface area contributed by atoms with E-state index in [0.29, 0.717) is 0 Å². The summed E-state index contributed by atoms with van der Waals surface area (Å²) in [5, 5.41) is 0. The highest BCUT2D eigenvalue weighted by Crippen LogP contribution is 2.04. The summed E-state index contributed by atoms with van der Waals surface area (Å²) in [6.45, 7) is 3.28. The van der Waals surface area contributed by atoms with Gasteiger partial charge in [0.15, 0.2) is 0 Å². The lowest BCUT2D eigenvalue weighted by molar-refractivity contribution is -0.139. The smallest absolute Gasteiger partial charge is 0.331 e. The first-order chi connectivity index (χ1) is 4.83. The fourth-order valence-corrected chi connectivity index (χ4v) is 0.672. The minimum Gasteiger partial charge on any atom is -0.451 e. The van der Waals surface area contributed by atoms with Crippen molar-refractivity contribution in [3.63, 3.8) is 0 Å². The third-order valence-corrected chi connectivity index (χ3v) is 1.13. The highest BCUT2D eigenvalue weighted by Gasteiger charge is 2.06. The molecular weight excluding hydrogens is 128 g/mol. The molecule has 0 radical (unpaired) electrons. The van der Waals surface area contributed by atoms with Crippen LogP contribution in [0.15, 0.2) is 37.0 Å². The zero-order chi connectivity index (χ0) is 7.40. The van der Waals surface area contributed by atoms with Crippen molar-refractivity contribution in [1.82, 2.24) is 0 Å². The molecule has 0 aromatic rings. The standard InChI is InChI=1S/C8H8O2/c1-2-8(9)10-7-5-3-4-6-7/h2-7H,1H2. The van der Waals surface area contributed by atoms with Crippen molar-refractivity contribution >= 4 is 5.97 Å². The molecule has 0 saturated heterocycles. The number of esters is 1. The molecule has 0 fully saturated rings. The van der Waals surface area contributed by atoms with Crippen LogP contribution >= 0.6 is 0 Å². The maximum absolute atomic E-state index is 10.6. The second-order valence-electron chi connectivity index (χ2n) is 1.88. The number of hydrogen-bond donors (Lipinski definition) is 0. The average Bonchev–Trinajstić information content (AvgIpc) is 2.40. The number of carbonyl (C=O) groups is 1. The van der Waals surface area contributed by atoms with E-state index >= 15 is 0 Å². The largest absolute Gasteiger partial charge is 0.451 e. The lowest BCUT2D eigenvalue weighted by Gasteiger charge is -2.03. The first-order valence-electron chi connectivity index (χ1n) is 3.01. The molecule has 0 unspecified atom stereocenters. The van der Waals surface area contributed by atoms with Crippen molar-refractivity contribution in [3.8, 4) is 0 Å². The number of ether oxygens (including phenoxy) is 1. The van der Waals surface area contributed by atoms with Gasteiger partial charge in [0.1, 0.15) is 6.10 Å². The fraction of sp³-hybridized carbons (Fsp3) is 0.125. The number of hydrogen-bond acceptors (Lipinski definition) is 2. The van der Waals surface area contributed by atoms with E-state index in [0.717, 1.165) is 6.08 Å². The van der Waals surface area contributed by atoms with E-state index in [4.69, 9.17) is 4.74 Å². The molecule has 0 amide bonds. The molecule has 52 valence electrons. The van der Waals surface area contributed by atoms with Crippen LogP contribution in [0.25, 0.3) is 0 Å². The minimum absolute atomic E-state index is 0.189. The van der Waals surface area contributed by atoms with Crippen molar-refractivity contribution in [2.45, 2.75) is 6.10 Å². The van der Waals surface area contributed by atoms with E-state index in [1.807, 2.05) is 12.2 Å². The molecule has 0 aromatic carbocycles. The molecule has 0 aliphatic heterocycles. The van der Waals surface area contributed by atoms with Crippen molar-refractivity contribution in [2.24, 2.45) is 0 Å². The van der Waals surface area contributed by atoms with Crippen LogP contribution in [0.1, 0.15) is 0 Å². The van der Waals surface area contributed by atoms with Gasteiger partial charge < -0.3 is 4.74 Å². The van der Waals surface area contributed by atoms with E-state index < -0.39 is 0 Å². The summed E-state index contributed by atoms with van der Waals surface area (Å²) in [5.74, 6) is -0.388. The summed E-state index contributed by atoms with van der Waals surface area (Å²) in [7, 11) is 0. The Morgan fingerprint density at radius 3 is 2.60 bits per heavy atom. The Bertz CT molecular complexity index is 189. The van der Waals surface area contributed by atoms with Crippen LogP contribution < -0.4 is 0 Å². The molecule has 0 aromatic heterocycles. The number of rotatable bonds is 2. The van der Waals surface area contributed by atoms with Gasteiger partial charge in [-0.15, -0.1) is 0 Å². The Morgan fingerprint density at radius 1 is 1.50 bits per heavy atom. The predicted molar refractivity (Wildman–Crippen MR) is 38.4 cm³/mol. The first-order valence-corrected chi connectivity index (χ1v) is 3.01. The van der Waals surface area contributed by atoms with E-state index in [1.165, 1.54) is 0 Å². The van der Waals surface area contributed by atoms with Crippen LogP contribution in [0, 0.1) is 0 Å². The Hall–Kier alpha value is -1.31. The van der Waals surface area contributed by atoms with Crippen molar-refractivity contribution in [3.05, 3.63) is 37.0 Å². The molecule has 0 N–H and O–H groups in total. The zero-order valence-electron chi connectivity index (χ0n) is 5.49. The van der Waals surface area contributed by atoms with Gasteiger partial charge in [-0.1, -0.05) is 18.7 Å². The van der Waals surface area contributed by atoms with E-state index in [1.54, 1.807) is 12.2 Å². The molecule has 10 heavy (non-hydrogen) atoms. The molecule has 0 saturated carbocycles. The Labute approximate surface area is 59.5 Å². The summed E-state index contributed by atoms with van der Waals surface area (Å²) in [5.41, 5.74) is 0. The molecule has 0 spiro atoms. The highest BCUT2D eigenvalue weighted by molar-refractivity contribution is 5.81. The molecule has 2 heteroatoms. The molecular formula is C8H8O2. The predicted octanol–water partition coefficient (Wildman–Crippen LogP) is 1.21. The second-order valence-corrected chi connectivity index (χ2v) is 1.88. The van der Waals surface area contributed by atoms with Crippen LogP contribution in [0.3, 0.4) is 0 Å². The second kappa shape index (κ2) is 3.01. The van der Waals surface area contributed by atoms with Crippen molar-refractivity contribution in [2.75, 3.05) is 0 Å². The van der Waals surface area contributed by atoms with Crippen molar-refractivity contribution < 1.29 is 9.53 Å². The van der Waals surface area contributed by atoms with Gasteiger partial charge in [-0.25, -0.2) is 4.79 Å². The summed E-state index contributed by atoms with van der Waals surface area (Å²) in [4.78, 5) is 10.6. The third-order valence-electron chi connectivity index (χ3n) is 1.13.